The van der Waals surface area contributed by atoms with Crippen molar-refractivity contribution in [2.45, 2.75) is 55.9 Å². The molecule has 1 heterocycles. The maximum absolute atomic E-state index is 12.9. The average Bonchev–Trinajstić information content (AvgIpc) is 3.14. The molecule has 26 heavy (non-hydrogen) atoms. The Bertz CT molecular complexity index is 774. The van der Waals surface area contributed by atoms with E-state index in [9.17, 15) is 13.2 Å². The van der Waals surface area contributed by atoms with Crippen LogP contribution in [-0.2, 0) is 14.8 Å². The molecule has 0 saturated carbocycles. The zero-order chi connectivity index (χ0) is 18.6. The Morgan fingerprint density at radius 3 is 2.65 bits per heavy atom. The topological polar surface area (TPSA) is 66.5 Å². The monoisotopic (exact) mass is 396 g/mol. The Labute approximate surface area is 160 Å². The van der Waals surface area contributed by atoms with Crippen LogP contribution in [0.25, 0.3) is 0 Å². The number of amides is 1. The molecule has 1 atom stereocenters. The Hall–Kier alpha value is -1.37. The second-order valence-electron chi connectivity index (χ2n) is 6.88. The van der Waals surface area contributed by atoms with Gasteiger partial charge in [-0.3, -0.25) is 4.79 Å². The van der Waals surface area contributed by atoms with Crippen LogP contribution in [0.3, 0.4) is 0 Å². The van der Waals surface area contributed by atoms with Gasteiger partial charge in [-0.05, 0) is 69.2 Å². The second kappa shape index (κ2) is 8.55. The lowest BCUT2D eigenvalue weighted by Crippen LogP contribution is -2.46. The summed E-state index contributed by atoms with van der Waals surface area (Å²) in [5.74, 6) is -0.198. The zero-order valence-corrected chi connectivity index (χ0v) is 16.4. The zero-order valence-electron chi connectivity index (χ0n) is 14.8. The van der Waals surface area contributed by atoms with Crippen LogP contribution in [0.2, 0.25) is 5.02 Å². The van der Waals surface area contributed by atoms with Crippen LogP contribution < -0.4 is 5.32 Å². The fourth-order valence-corrected chi connectivity index (χ4v) is 5.41. The van der Waals surface area contributed by atoms with Gasteiger partial charge in [0.15, 0.2) is 0 Å². The first-order valence-corrected chi connectivity index (χ1v) is 11.0. The molecule has 0 aromatic heterocycles. The van der Waals surface area contributed by atoms with Gasteiger partial charge in [0.05, 0.1) is 4.90 Å². The minimum Gasteiger partial charge on any atom is -0.354 e. The van der Waals surface area contributed by atoms with E-state index in [1.54, 1.807) is 12.1 Å². The van der Waals surface area contributed by atoms with Gasteiger partial charge in [-0.25, -0.2) is 8.42 Å². The van der Waals surface area contributed by atoms with Crippen LogP contribution in [0.15, 0.2) is 40.8 Å². The van der Waals surface area contributed by atoms with Crippen LogP contribution in [0.1, 0.15) is 44.9 Å². The molecule has 1 aliphatic carbocycles. The second-order valence-corrected chi connectivity index (χ2v) is 9.20. The highest BCUT2D eigenvalue weighted by molar-refractivity contribution is 7.89. The normalized spacial score (nSPS) is 21.4. The lowest BCUT2D eigenvalue weighted by molar-refractivity contribution is -0.124. The SMILES string of the molecule is O=C(NCCC1=CCCCC1)C1CCCN1S(=O)(=O)c1ccc(Cl)cc1. The number of allylic oxidation sites excluding steroid dienone is 1. The van der Waals surface area contributed by atoms with Gasteiger partial charge in [-0.2, -0.15) is 4.31 Å². The number of sulfonamides is 1. The summed E-state index contributed by atoms with van der Waals surface area (Å²) in [5, 5.41) is 3.41. The highest BCUT2D eigenvalue weighted by Gasteiger charge is 2.39. The van der Waals surface area contributed by atoms with Crippen LogP contribution in [0, 0.1) is 0 Å². The molecular formula is C19H25ClN2O3S. The summed E-state index contributed by atoms with van der Waals surface area (Å²) in [6.07, 6.45) is 9.06. The largest absolute Gasteiger partial charge is 0.354 e. The Kier molecular flexibility index (Phi) is 6.37. The Morgan fingerprint density at radius 1 is 1.19 bits per heavy atom. The summed E-state index contributed by atoms with van der Waals surface area (Å²) >= 11 is 5.84. The van der Waals surface area contributed by atoms with Gasteiger partial charge in [-0.1, -0.05) is 23.3 Å². The molecule has 1 aromatic rings. The third kappa shape index (κ3) is 4.48. The van der Waals surface area contributed by atoms with Crippen LogP contribution in [-0.4, -0.2) is 37.8 Å². The molecule has 1 amide bonds. The summed E-state index contributed by atoms with van der Waals surface area (Å²) in [6, 6.07) is 5.45. The van der Waals surface area contributed by atoms with Crippen LogP contribution in [0.4, 0.5) is 0 Å². The fourth-order valence-electron chi connectivity index (χ4n) is 3.63. The van der Waals surface area contributed by atoms with Crippen molar-refractivity contribution in [3.63, 3.8) is 0 Å². The lowest BCUT2D eigenvalue weighted by Gasteiger charge is -2.23. The van der Waals surface area contributed by atoms with Gasteiger partial charge >= 0.3 is 0 Å². The predicted octanol–water partition coefficient (Wildman–Crippen LogP) is 3.50. The van der Waals surface area contributed by atoms with Gasteiger partial charge < -0.3 is 5.32 Å². The first-order valence-electron chi connectivity index (χ1n) is 9.21. The Morgan fingerprint density at radius 2 is 1.96 bits per heavy atom. The van der Waals surface area contributed by atoms with E-state index in [0.717, 1.165) is 19.3 Å². The van der Waals surface area contributed by atoms with E-state index in [0.29, 0.717) is 31.0 Å². The number of benzene rings is 1. The molecule has 7 heteroatoms. The van der Waals surface area contributed by atoms with E-state index in [2.05, 4.69) is 11.4 Å². The molecule has 0 bridgehead atoms. The van der Waals surface area contributed by atoms with Crippen LogP contribution >= 0.6 is 11.6 Å². The maximum atomic E-state index is 12.9. The number of halogens is 1. The summed E-state index contributed by atoms with van der Waals surface area (Å²) in [4.78, 5) is 12.7. The standard InChI is InChI=1S/C19H25ClN2O3S/c20-16-8-10-17(11-9-16)26(24,25)22-14-4-7-18(22)19(23)21-13-12-15-5-2-1-3-6-15/h5,8-11,18H,1-4,6-7,12-14H2,(H,21,23). The van der Waals surface area contributed by atoms with Crippen LogP contribution in [0.5, 0.6) is 0 Å². The Balaban J connectivity index is 1.62. The number of rotatable bonds is 6. The summed E-state index contributed by atoms with van der Waals surface area (Å²) in [5.41, 5.74) is 1.40. The molecule has 2 aliphatic rings. The third-order valence-corrected chi connectivity index (χ3v) is 7.23. The van der Waals surface area contributed by atoms with E-state index >= 15 is 0 Å². The molecule has 5 nitrogen and oxygen atoms in total. The highest BCUT2D eigenvalue weighted by atomic mass is 35.5. The number of carbonyl (C=O) groups is 1. The van der Waals surface area contributed by atoms with E-state index in [1.165, 1.54) is 34.9 Å². The van der Waals surface area contributed by atoms with Crippen molar-refractivity contribution in [2.75, 3.05) is 13.1 Å². The first-order chi connectivity index (χ1) is 12.5. The van der Waals surface area contributed by atoms with E-state index < -0.39 is 16.1 Å². The number of carbonyl (C=O) groups excluding carboxylic acids is 1. The predicted molar refractivity (Wildman–Crippen MR) is 103 cm³/mol. The third-order valence-electron chi connectivity index (χ3n) is 5.06. The minimum absolute atomic E-state index is 0.175. The lowest BCUT2D eigenvalue weighted by atomic mass is 9.97. The molecule has 1 fully saturated rings. The van der Waals surface area contributed by atoms with E-state index in [1.807, 2.05) is 0 Å². The van der Waals surface area contributed by atoms with Gasteiger partial charge in [0.2, 0.25) is 15.9 Å². The molecule has 142 valence electrons. The number of nitrogens with one attached hydrogen (secondary N) is 1. The van der Waals surface area contributed by atoms with Crippen molar-refractivity contribution < 1.29 is 13.2 Å². The van der Waals surface area contributed by atoms with E-state index in [4.69, 9.17) is 11.6 Å². The molecule has 1 saturated heterocycles. The van der Waals surface area contributed by atoms with Crippen molar-refractivity contribution in [1.29, 1.82) is 0 Å². The van der Waals surface area contributed by atoms with Crippen molar-refractivity contribution in [1.82, 2.24) is 9.62 Å². The molecule has 1 aromatic carbocycles. The minimum atomic E-state index is -3.69. The molecule has 1 aliphatic heterocycles. The molecule has 1 unspecified atom stereocenters. The molecule has 0 spiro atoms. The molecule has 1 N–H and O–H groups in total. The van der Waals surface area contributed by atoms with Gasteiger partial charge in [0.25, 0.3) is 0 Å². The van der Waals surface area contributed by atoms with Crippen molar-refractivity contribution >= 4 is 27.5 Å². The fraction of sp³-hybridized carbons (Fsp3) is 0.526. The number of hydrogen-bond acceptors (Lipinski definition) is 3. The maximum Gasteiger partial charge on any atom is 0.243 e. The highest BCUT2D eigenvalue weighted by Crippen LogP contribution is 2.27. The summed E-state index contributed by atoms with van der Waals surface area (Å²) < 4.78 is 27.1. The first kappa shape index (κ1) is 19.4. The summed E-state index contributed by atoms with van der Waals surface area (Å²) in [7, 11) is -3.69. The molecule has 3 rings (SSSR count). The summed E-state index contributed by atoms with van der Waals surface area (Å²) in [6.45, 7) is 0.935. The van der Waals surface area contributed by atoms with Gasteiger partial charge in [0, 0.05) is 18.1 Å². The van der Waals surface area contributed by atoms with Gasteiger partial charge in [0.1, 0.15) is 6.04 Å². The van der Waals surface area contributed by atoms with Crippen molar-refractivity contribution in [2.24, 2.45) is 0 Å². The quantitative estimate of drug-likeness (QED) is 0.748. The average molecular weight is 397 g/mol. The number of nitrogens with zero attached hydrogens (tertiary/aromatic N) is 1. The van der Waals surface area contributed by atoms with Crippen molar-refractivity contribution in [3.8, 4) is 0 Å². The smallest absolute Gasteiger partial charge is 0.243 e. The van der Waals surface area contributed by atoms with Crippen molar-refractivity contribution in [3.05, 3.63) is 40.9 Å². The van der Waals surface area contributed by atoms with Gasteiger partial charge in [-0.15, -0.1) is 0 Å². The molecular weight excluding hydrogens is 372 g/mol. The van der Waals surface area contributed by atoms with E-state index in [-0.39, 0.29) is 10.8 Å². The molecule has 0 radical (unpaired) electrons. The number of hydrogen-bond donors (Lipinski definition) is 1.